The molecule has 0 atom stereocenters. The molecule has 0 saturated heterocycles. The number of hydrogen-bond acceptors (Lipinski definition) is 6. The highest BCUT2D eigenvalue weighted by Crippen LogP contribution is 2.31. The standard InChI is InChI=1S/C21H14N4O3/c26-21(27)14-5-3-13(4-6-14)18-11-15-2-1-8-22-19(15)20(24-18)16-7-9-25-17(10-16)12-23-28-25/h1-12,23H,(H,26,27). The largest absolute Gasteiger partial charge is 0.478 e. The molecule has 2 aromatic heterocycles. The third-order valence-electron chi connectivity index (χ3n) is 4.59. The maximum Gasteiger partial charge on any atom is 0.335 e. The number of hydrogen-bond donors (Lipinski definition) is 2. The third kappa shape index (κ3) is 2.70. The lowest BCUT2D eigenvalue weighted by molar-refractivity contribution is -0.112. The minimum Gasteiger partial charge on any atom is -0.478 e. The van der Waals surface area contributed by atoms with E-state index in [1.807, 2.05) is 36.6 Å². The normalized spacial score (nSPS) is 15.1. The summed E-state index contributed by atoms with van der Waals surface area (Å²) in [5.41, 5.74) is 7.85. The quantitative estimate of drug-likeness (QED) is 0.729. The lowest BCUT2D eigenvalue weighted by Gasteiger charge is -2.18. The van der Waals surface area contributed by atoms with Gasteiger partial charge in [-0.3, -0.25) is 4.98 Å². The first kappa shape index (κ1) is 16.2. The molecule has 5 rings (SSSR count). The van der Waals surface area contributed by atoms with Crippen LogP contribution in [0.2, 0.25) is 0 Å². The molecule has 0 aliphatic carbocycles. The summed E-state index contributed by atoms with van der Waals surface area (Å²) < 4.78 is 0. The molecule has 3 aromatic rings. The van der Waals surface area contributed by atoms with Crippen molar-refractivity contribution in [3.63, 3.8) is 0 Å². The first-order valence-electron chi connectivity index (χ1n) is 8.61. The minimum atomic E-state index is -0.953. The van der Waals surface area contributed by atoms with Gasteiger partial charge in [0.25, 0.3) is 0 Å². The second-order valence-corrected chi connectivity index (χ2v) is 6.33. The molecule has 136 valence electrons. The van der Waals surface area contributed by atoms with E-state index in [4.69, 9.17) is 15.0 Å². The van der Waals surface area contributed by atoms with Crippen LogP contribution in [-0.2, 0) is 4.94 Å². The molecule has 7 nitrogen and oxygen atoms in total. The van der Waals surface area contributed by atoms with Crippen molar-refractivity contribution in [2.24, 2.45) is 0 Å². The van der Waals surface area contributed by atoms with E-state index in [1.54, 1.807) is 41.7 Å². The second kappa shape index (κ2) is 6.33. The van der Waals surface area contributed by atoms with Crippen LogP contribution in [-0.4, -0.2) is 26.1 Å². The van der Waals surface area contributed by atoms with Gasteiger partial charge in [0, 0.05) is 28.9 Å². The average Bonchev–Trinajstić information content (AvgIpc) is 3.21. The molecule has 0 unspecified atom stereocenters. The smallest absolute Gasteiger partial charge is 0.335 e. The molecule has 0 saturated carbocycles. The van der Waals surface area contributed by atoms with Gasteiger partial charge in [0.1, 0.15) is 0 Å². The number of carboxylic acids is 1. The Balaban J connectivity index is 1.67. The highest BCUT2D eigenvalue weighted by Gasteiger charge is 2.20. The summed E-state index contributed by atoms with van der Waals surface area (Å²) in [5.74, 6) is -0.953. The van der Waals surface area contributed by atoms with E-state index in [2.05, 4.69) is 10.5 Å². The fourth-order valence-electron chi connectivity index (χ4n) is 3.20. The number of pyridine rings is 2. The number of nitrogens with one attached hydrogen (secondary N) is 1. The summed E-state index contributed by atoms with van der Waals surface area (Å²) in [7, 11) is 0. The second-order valence-electron chi connectivity index (χ2n) is 6.33. The van der Waals surface area contributed by atoms with Gasteiger partial charge in [0.2, 0.25) is 0 Å². The summed E-state index contributed by atoms with van der Waals surface area (Å²) in [6.45, 7) is 0. The molecule has 28 heavy (non-hydrogen) atoms. The molecule has 4 heterocycles. The van der Waals surface area contributed by atoms with Crippen LogP contribution < -0.4 is 5.48 Å². The van der Waals surface area contributed by atoms with Gasteiger partial charge in [-0.05, 0) is 36.4 Å². The van der Waals surface area contributed by atoms with Crippen molar-refractivity contribution in [2.45, 2.75) is 0 Å². The monoisotopic (exact) mass is 370 g/mol. The predicted octanol–water partition coefficient (Wildman–Crippen LogP) is 3.50. The lowest BCUT2D eigenvalue weighted by Crippen LogP contribution is -2.15. The van der Waals surface area contributed by atoms with E-state index in [9.17, 15) is 4.79 Å². The molecule has 0 fully saturated rings. The molecule has 0 bridgehead atoms. The SMILES string of the molecule is O=C(O)c1ccc(-c2cc3cccnc3c(C3=CC4=CNON4C=C3)n2)cc1. The summed E-state index contributed by atoms with van der Waals surface area (Å²) in [6, 6.07) is 12.5. The molecular weight excluding hydrogens is 356 g/mol. The Bertz CT molecular complexity index is 1200. The number of nitrogens with zero attached hydrogens (tertiary/aromatic N) is 3. The van der Waals surface area contributed by atoms with E-state index in [0.29, 0.717) is 0 Å². The van der Waals surface area contributed by atoms with Gasteiger partial charge in [-0.1, -0.05) is 18.2 Å². The summed E-state index contributed by atoms with van der Waals surface area (Å²) in [6.07, 6.45) is 9.19. The van der Waals surface area contributed by atoms with E-state index in [1.165, 1.54) is 0 Å². The van der Waals surface area contributed by atoms with Crippen molar-refractivity contribution in [1.82, 2.24) is 20.5 Å². The Labute approximate surface area is 159 Å². The highest BCUT2D eigenvalue weighted by atomic mass is 16.8. The first-order chi connectivity index (χ1) is 13.7. The van der Waals surface area contributed by atoms with Crippen LogP contribution in [0.15, 0.2) is 78.9 Å². The number of aromatic nitrogens is 2. The van der Waals surface area contributed by atoms with Crippen molar-refractivity contribution in [3.05, 3.63) is 90.2 Å². The maximum absolute atomic E-state index is 11.1. The van der Waals surface area contributed by atoms with Crippen molar-refractivity contribution < 1.29 is 14.8 Å². The van der Waals surface area contributed by atoms with E-state index >= 15 is 0 Å². The number of carbonyl (C=O) groups is 1. The zero-order valence-corrected chi connectivity index (χ0v) is 14.5. The van der Waals surface area contributed by atoms with Crippen LogP contribution >= 0.6 is 0 Å². The maximum atomic E-state index is 11.1. The zero-order valence-electron chi connectivity index (χ0n) is 14.5. The van der Waals surface area contributed by atoms with Gasteiger partial charge in [-0.25, -0.2) is 20.3 Å². The number of rotatable bonds is 3. The number of carboxylic acid groups (broad SMARTS) is 1. The molecule has 2 aliphatic heterocycles. The lowest BCUT2D eigenvalue weighted by atomic mass is 10.0. The van der Waals surface area contributed by atoms with E-state index in [-0.39, 0.29) is 5.56 Å². The number of fused-ring (bicyclic) bond motifs is 2. The van der Waals surface area contributed by atoms with Crippen LogP contribution in [0.5, 0.6) is 0 Å². The van der Waals surface area contributed by atoms with Gasteiger partial charge in [-0.15, -0.1) is 0 Å². The summed E-state index contributed by atoms with van der Waals surface area (Å²) in [4.78, 5) is 25.7. The number of hydroxylamine groups is 3. The van der Waals surface area contributed by atoms with Crippen molar-refractivity contribution >= 4 is 22.4 Å². The molecule has 0 amide bonds. The number of allylic oxidation sites excluding steroid dienone is 3. The van der Waals surface area contributed by atoms with Crippen molar-refractivity contribution in [1.29, 1.82) is 0 Å². The van der Waals surface area contributed by atoms with Gasteiger partial charge in [0.05, 0.1) is 34.4 Å². The zero-order chi connectivity index (χ0) is 19.1. The van der Waals surface area contributed by atoms with E-state index in [0.717, 1.165) is 39.1 Å². The van der Waals surface area contributed by atoms with Crippen LogP contribution in [0, 0.1) is 0 Å². The van der Waals surface area contributed by atoms with Crippen LogP contribution in [0.4, 0.5) is 0 Å². The molecule has 0 radical (unpaired) electrons. The Morgan fingerprint density at radius 1 is 1.18 bits per heavy atom. The fraction of sp³-hybridized carbons (Fsp3) is 0. The average molecular weight is 370 g/mol. The van der Waals surface area contributed by atoms with Gasteiger partial charge >= 0.3 is 5.97 Å². The Morgan fingerprint density at radius 3 is 2.86 bits per heavy atom. The molecule has 1 aromatic carbocycles. The minimum absolute atomic E-state index is 0.241. The fourth-order valence-corrected chi connectivity index (χ4v) is 3.20. The van der Waals surface area contributed by atoms with Crippen molar-refractivity contribution in [3.8, 4) is 11.3 Å². The molecule has 2 aliphatic rings. The van der Waals surface area contributed by atoms with Gasteiger partial charge in [-0.2, -0.15) is 4.94 Å². The van der Waals surface area contributed by atoms with Crippen LogP contribution in [0.3, 0.4) is 0 Å². The molecular formula is C21H14N4O3. The van der Waals surface area contributed by atoms with E-state index < -0.39 is 5.97 Å². The Morgan fingerprint density at radius 2 is 2.04 bits per heavy atom. The third-order valence-corrected chi connectivity index (χ3v) is 4.59. The highest BCUT2D eigenvalue weighted by molar-refractivity contribution is 5.95. The first-order valence-corrected chi connectivity index (χ1v) is 8.61. The summed E-state index contributed by atoms with van der Waals surface area (Å²) >= 11 is 0. The number of benzene rings is 1. The Hall–Kier alpha value is -3.97. The van der Waals surface area contributed by atoms with Crippen LogP contribution in [0.1, 0.15) is 16.1 Å². The summed E-state index contributed by atoms with van der Waals surface area (Å²) in [5, 5.41) is 11.7. The van der Waals surface area contributed by atoms with Crippen molar-refractivity contribution in [2.75, 3.05) is 0 Å². The topological polar surface area (TPSA) is 87.6 Å². The molecule has 2 N–H and O–H groups in total. The molecule has 0 spiro atoms. The molecule has 7 heteroatoms. The van der Waals surface area contributed by atoms with Crippen LogP contribution in [0.25, 0.3) is 27.7 Å². The Kier molecular flexibility index (Phi) is 3.67. The predicted molar refractivity (Wildman–Crippen MR) is 103 cm³/mol. The van der Waals surface area contributed by atoms with Gasteiger partial charge in [0.15, 0.2) is 0 Å². The number of aromatic carboxylic acids is 1. The van der Waals surface area contributed by atoms with Gasteiger partial charge < -0.3 is 5.11 Å².